The Morgan fingerprint density at radius 1 is 0.474 bits per heavy atom. The van der Waals surface area contributed by atoms with Gasteiger partial charge in [0.2, 0.25) is 0 Å². The highest BCUT2D eigenvalue weighted by atomic mass is 31.2. The van der Waals surface area contributed by atoms with Crippen LogP contribution in [-0.4, -0.2) is 9.97 Å². The van der Waals surface area contributed by atoms with Gasteiger partial charge in [0.05, 0.1) is 22.2 Å². The first-order valence-corrected chi connectivity index (χ1v) is 14.3. The Hall–Kier alpha value is -4.59. The molecule has 0 saturated heterocycles. The van der Waals surface area contributed by atoms with Crippen molar-refractivity contribution in [2.75, 3.05) is 0 Å². The quantitative estimate of drug-likeness (QED) is 0.144. The van der Waals surface area contributed by atoms with Crippen LogP contribution in [0.15, 0.2) is 140 Å². The first kappa shape index (κ1) is 22.6. The lowest BCUT2D eigenvalue weighted by molar-refractivity contribution is 0.592. The molecule has 0 unspecified atom stereocenters. The second-order valence-corrected chi connectivity index (χ2v) is 12.2. The number of benzene rings is 5. The molecular formula is C34H23N2OP. The van der Waals surface area contributed by atoms with Crippen molar-refractivity contribution in [2.24, 2.45) is 0 Å². The van der Waals surface area contributed by atoms with Crippen molar-refractivity contribution >= 4 is 55.8 Å². The molecule has 0 N–H and O–H groups in total. The summed E-state index contributed by atoms with van der Waals surface area (Å²) in [5.74, 6) is 0. The van der Waals surface area contributed by atoms with Gasteiger partial charge in [-0.3, -0.25) is 0 Å². The largest absolute Gasteiger partial charge is 0.309 e. The molecule has 7 aromatic rings. The Labute approximate surface area is 220 Å². The SMILES string of the molecule is O=P(c1ccccc1)(c1ccccc1)c1cccc(-c2nc3ccccc3c3nc4ccccc4cc23)c1. The zero-order valence-corrected chi connectivity index (χ0v) is 21.4. The average molecular weight is 507 g/mol. The van der Waals surface area contributed by atoms with E-state index in [4.69, 9.17) is 9.97 Å². The number of nitrogens with zero attached hydrogens (tertiary/aromatic N) is 2. The first-order valence-electron chi connectivity index (χ1n) is 12.6. The van der Waals surface area contributed by atoms with Gasteiger partial charge < -0.3 is 4.57 Å². The summed E-state index contributed by atoms with van der Waals surface area (Å²) < 4.78 is 15.0. The van der Waals surface area contributed by atoms with Gasteiger partial charge in [0.25, 0.3) is 0 Å². The van der Waals surface area contributed by atoms with E-state index in [0.717, 1.165) is 59.9 Å². The molecule has 0 aliphatic rings. The van der Waals surface area contributed by atoms with E-state index in [-0.39, 0.29) is 0 Å². The number of hydrogen-bond donors (Lipinski definition) is 0. The van der Waals surface area contributed by atoms with Crippen LogP contribution in [-0.2, 0) is 4.57 Å². The summed E-state index contributed by atoms with van der Waals surface area (Å²) in [5.41, 5.74) is 4.52. The fraction of sp³-hybridized carbons (Fsp3) is 0. The molecule has 0 spiro atoms. The summed E-state index contributed by atoms with van der Waals surface area (Å²) in [5, 5.41) is 5.47. The maximum atomic E-state index is 15.0. The molecule has 0 amide bonds. The topological polar surface area (TPSA) is 42.9 Å². The molecule has 3 nitrogen and oxygen atoms in total. The van der Waals surface area contributed by atoms with Gasteiger partial charge in [-0.25, -0.2) is 9.97 Å². The zero-order valence-electron chi connectivity index (χ0n) is 20.5. The van der Waals surface area contributed by atoms with Crippen LogP contribution in [0.2, 0.25) is 0 Å². The highest BCUT2D eigenvalue weighted by Gasteiger charge is 2.30. The van der Waals surface area contributed by atoms with E-state index in [1.165, 1.54) is 0 Å². The number of fused-ring (bicyclic) bond motifs is 4. The standard InChI is InChI=1S/C34H23N2OP/c37-38(26-14-3-1-4-15-26,27-16-5-2-6-17-27)28-18-11-13-25(22-28)33-30-23-24-12-7-9-20-31(24)35-34(30)29-19-8-10-21-32(29)36-33/h1-23H. The zero-order chi connectivity index (χ0) is 25.5. The summed E-state index contributed by atoms with van der Waals surface area (Å²) in [6, 6.07) is 46.1. The fourth-order valence-electron chi connectivity index (χ4n) is 5.25. The highest BCUT2D eigenvalue weighted by Crippen LogP contribution is 2.43. The molecule has 4 heteroatoms. The lowest BCUT2D eigenvalue weighted by Gasteiger charge is -2.21. The lowest BCUT2D eigenvalue weighted by Crippen LogP contribution is -2.25. The molecule has 5 aromatic carbocycles. The molecule has 7 rings (SSSR count). The molecule has 0 radical (unpaired) electrons. The van der Waals surface area contributed by atoms with Crippen molar-refractivity contribution in [1.29, 1.82) is 0 Å². The molecule has 2 aromatic heterocycles. The molecule has 38 heavy (non-hydrogen) atoms. The van der Waals surface area contributed by atoms with Crippen LogP contribution in [0.4, 0.5) is 0 Å². The van der Waals surface area contributed by atoms with E-state index in [1.54, 1.807) is 0 Å². The summed E-state index contributed by atoms with van der Waals surface area (Å²) in [6.07, 6.45) is 0. The minimum absolute atomic E-state index is 0.782. The van der Waals surface area contributed by atoms with Crippen molar-refractivity contribution < 1.29 is 4.57 Å². The summed E-state index contributed by atoms with van der Waals surface area (Å²) in [7, 11) is -3.11. The van der Waals surface area contributed by atoms with Crippen molar-refractivity contribution in [1.82, 2.24) is 9.97 Å². The smallest absolute Gasteiger partial charge is 0.171 e. The molecule has 180 valence electrons. The van der Waals surface area contributed by atoms with Gasteiger partial charge in [-0.2, -0.15) is 0 Å². The highest BCUT2D eigenvalue weighted by molar-refractivity contribution is 7.85. The van der Waals surface area contributed by atoms with E-state index in [1.807, 2.05) is 115 Å². The van der Waals surface area contributed by atoms with Gasteiger partial charge in [-0.15, -0.1) is 0 Å². The average Bonchev–Trinajstić information content (AvgIpc) is 3.00. The molecule has 2 heterocycles. The van der Waals surface area contributed by atoms with Crippen LogP contribution < -0.4 is 15.9 Å². The third kappa shape index (κ3) is 3.63. The van der Waals surface area contributed by atoms with Crippen LogP contribution in [0, 0.1) is 0 Å². The minimum Gasteiger partial charge on any atom is -0.309 e. The van der Waals surface area contributed by atoms with Gasteiger partial charge >= 0.3 is 0 Å². The Morgan fingerprint density at radius 2 is 1.08 bits per heavy atom. The van der Waals surface area contributed by atoms with Crippen molar-refractivity contribution in [2.45, 2.75) is 0 Å². The first-order chi connectivity index (χ1) is 18.7. The molecule has 0 fully saturated rings. The predicted molar refractivity (Wildman–Crippen MR) is 159 cm³/mol. The third-order valence-corrected chi connectivity index (χ3v) is 10.1. The van der Waals surface area contributed by atoms with Crippen LogP contribution in [0.3, 0.4) is 0 Å². The number of aromatic nitrogens is 2. The van der Waals surface area contributed by atoms with Crippen molar-refractivity contribution in [3.05, 3.63) is 140 Å². The van der Waals surface area contributed by atoms with Crippen molar-refractivity contribution in [3.63, 3.8) is 0 Å². The molecule has 0 atom stereocenters. The third-order valence-electron chi connectivity index (χ3n) is 7.09. The Kier molecular flexibility index (Phi) is 5.39. The number of hydrogen-bond acceptors (Lipinski definition) is 3. The Bertz CT molecular complexity index is 1960. The van der Waals surface area contributed by atoms with E-state index in [9.17, 15) is 0 Å². The predicted octanol–water partition coefficient (Wildman–Crippen LogP) is 7.24. The van der Waals surface area contributed by atoms with Crippen LogP contribution in [0.5, 0.6) is 0 Å². The normalized spacial score (nSPS) is 11.8. The summed E-state index contributed by atoms with van der Waals surface area (Å²) in [4.78, 5) is 10.2. The number of para-hydroxylation sites is 2. The maximum Gasteiger partial charge on any atom is 0.171 e. The van der Waals surface area contributed by atoms with E-state index >= 15 is 4.57 Å². The second-order valence-electron chi connectivity index (χ2n) is 9.39. The van der Waals surface area contributed by atoms with E-state index in [2.05, 4.69) is 24.3 Å². The Balaban J connectivity index is 1.52. The Morgan fingerprint density at radius 3 is 1.82 bits per heavy atom. The maximum absolute atomic E-state index is 15.0. The molecule has 0 bridgehead atoms. The fourth-order valence-corrected chi connectivity index (χ4v) is 7.94. The van der Waals surface area contributed by atoms with E-state index in [0.29, 0.717) is 0 Å². The van der Waals surface area contributed by atoms with E-state index < -0.39 is 7.14 Å². The lowest BCUT2D eigenvalue weighted by atomic mass is 10.0. The van der Waals surface area contributed by atoms with Gasteiger partial charge in [-0.1, -0.05) is 115 Å². The molecular weight excluding hydrogens is 483 g/mol. The monoisotopic (exact) mass is 506 g/mol. The molecule has 0 aliphatic carbocycles. The van der Waals surface area contributed by atoms with Crippen molar-refractivity contribution in [3.8, 4) is 11.3 Å². The number of rotatable bonds is 4. The van der Waals surface area contributed by atoms with Gasteiger partial charge in [0, 0.05) is 37.6 Å². The van der Waals surface area contributed by atoms with Gasteiger partial charge in [-0.05, 0) is 24.3 Å². The summed E-state index contributed by atoms with van der Waals surface area (Å²) >= 11 is 0. The number of pyridine rings is 2. The van der Waals surface area contributed by atoms with Gasteiger partial charge in [0.1, 0.15) is 0 Å². The second kappa shape index (κ2) is 9.06. The van der Waals surface area contributed by atoms with Crippen LogP contribution in [0.1, 0.15) is 0 Å². The molecule has 0 saturated carbocycles. The minimum atomic E-state index is -3.11. The summed E-state index contributed by atoms with van der Waals surface area (Å²) in [6.45, 7) is 0. The van der Waals surface area contributed by atoms with Crippen LogP contribution in [0.25, 0.3) is 44.0 Å². The molecule has 0 aliphatic heterocycles. The van der Waals surface area contributed by atoms with Crippen LogP contribution >= 0.6 is 7.14 Å². The van der Waals surface area contributed by atoms with Gasteiger partial charge in [0.15, 0.2) is 7.14 Å².